The van der Waals surface area contributed by atoms with Crippen LogP contribution < -0.4 is 10.1 Å². The van der Waals surface area contributed by atoms with Crippen molar-refractivity contribution in [3.05, 3.63) is 48.5 Å². The van der Waals surface area contributed by atoms with Crippen molar-refractivity contribution in [1.82, 2.24) is 0 Å². The van der Waals surface area contributed by atoms with Crippen molar-refractivity contribution in [2.45, 2.75) is 6.92 Å². The molecule has 0 spiro atoms. The molecule has 0 aliphatic rings. The Hall–Kier alpha value is -2.29. The van der Waals surface area contributed by atoms with E-state index in [0.29, 0.717) is 0 Å². The number of amides is 1. The Morgan fingerprint density at radius 1 is 1.06 bits per heavy atom. The molecule has 0 aliphatic carbocycles. The number of carbonyl (C=O) groups is 1. The van der Waals surface area contributed by atoms with Crippen LogP contribution in [0.1, 0.15) is 6.92 Å². The van der Waals surface area contributed by atoms with Gasteiger partial charge in [-0.2, -0.15) is 0 Å². The third-order valence-corrected chi connectivity index (χ3v) is 2.61. The summed E-state index contributed by atoms with van der Waals surface area (Å²) in [5.74, 6) is 0.766. The van der Waals surface area contributed by atoms with Crippen molar-refractivity contribution in [3.63, 3.8) is 0 Å². The van der Waals surface area contributed by atoms with Gasteiger partial charge in [-0.3, -0.25) is 4.79 Å². The summed E-state index contributed by atoms with van der Waals surface area (Å²) in [5, 5.41) is 2.74. The minimum Gasteiger partial charge on any atom is -0.497 e. The number of anilines is 1. The van der Waals surface area contributed by atoms with Gasteiger partial charge < -0.3 is 10.1 Å². The summed E-state index contributed by atoms with van der Waals surface area (Å²) in [6, 6.07) is 15.6. The first-order chi connectivity index (χ1) is 8.69. The molecule has 3 nitrogen and oxygen atoms in total. The van der Waals surface area contributed by atoms with Gasteiger partial charge >= 0.3 is 0 Å². The van der Waals surface area contributed by atoms with E-state index in [-0.39, 0.29) is 5.91 Å². The lowest BCUT2D eigenvalue weighted by atomic mass is 10.1. The highest BCUT2D eigenvalue weighted by Gasteiger charge is 2.00. The van der Waals surface area contributed by atoms with E-state index in [2.05, 4.69) is 5.32 Å². The zero-order valence-electron chi connectivity index (χ0n) is 10.4. The summed E-state index contributed by atoms with van der Waals surface area (Å²) in [5.41, 5.74) is 2.97. The van der Waals surface area contributed by atoms with Gasteiger partial charge in [0.25, 0.3) is 0 Å². The Morgan fingerprint density at radius 3 is 2.39 bits per heavy atom. The second-order valence-corrected chi connectivity index (χ2v) is 3.99. The fraction of sp³-hybridized carbons (Fsp3) is 0.133. The van der Waals surface area contributed by atoms with E-state index in [1.807, 2.05) is 48.5 Å². The van der Waals surface area contributed by atoms with Crippen LogP contribution >= 0.6 is 0 Å². The normalized spacial score (nSPS) is 9.89. The molecule has 2 aromatic carbocycles. The maximum absolute atomic E-state index is 10.9. The smallest absolute Gasteiger partial charge is 0.221 e. The molecule has 1 amide bonds. The molecule has 0 atom stereocenters. The van der Waals surface area contributed by atoms with E-state index in [1.165, 1.54) is 6.92 Å². The van der Waals surface area contributed by atoms with Crippen LogP contribution in [0.5, 0.6) is 5.75 Å². The summed E-state index contributed by atoms with van der Waals surface area (Å²) in [7, 11) is 1.65. The van der Waals surface area contributed by atoms with Gasteiger partial charge in [0, 0.05) is 12.6 Å². The summed E-state index contributed by atoms with van der Waals surface area (Å²) in [4.78, 5) is 10.9. The van der Waals surface area contributed by atoms with E-state index in [4.69, 9.17) is 4.74 Å². The summed E-state index contributed by atoms with van der Waals surface area (Å²) in [6.45, 7) is 1.50. The van der Waals surface area contributed by atoms with Gasteiger partial charge in [-0.25, -0.2) is 0 Å². The quantitative estimate of drug-likeness (QED) is 0.895. The standard InChI is InChI=1S/C15H15NO2/c1-11(17)16-14-8-6-12(7-9-14)13-4-3-5-15(10-13)18-2/h3-10H,1-2H3,(H,16,17). The van der Waals surface area contributed by atoms with E-state index in [1.54, 1.807) is 7.11 Å². The Morgan fingerprint density at radius 2 is 1.78 bits per heavy atom. The molecule has 2 rings (SSSR count). The molecule has 0 heterocycles. The molecule has 0 saturated heterocycles. The van der Waals surface area contributed by atoms with E-state index in [9.17, 15) is 4.79 Å². The molecule has 0 aliphatic heterocycles. The van der Waals surface area contributed by atoms with E-state index < -0.39 is 0 Å². The first-order valence-electron chi connectivity index (χ1n) is 5.71. The lowest BCUT2D eigenvalue weighted by molar-refractivity contribution is -0.114. The van der Waals surface area contributed by atoms with Gasteiger partial charge in [0.15, 0.2) is 0 Å². The molecule has 0 unspecified atom stereocenters. The van der Waals surface area contributed by atoms with Crippen molar-refractivity contribution < 1.29 is 9.53 Å². The largest absolute Gasteiger partial charge is 0.497 e. The van der Waals surface area contributed by atoms with Crippen LogP contribution in [0.15, 0.2) is 48.5 Å². The maximum atomic E-state index is 10.9. The summed E-state index contributed by atoms with van der Waals surface area (Å²) >= 11 is 0. The second kappa shape index (κ2) is 5.36. The fourth-order valence-corrected chi connectivity index (χ4v) is 1.75. The van der Waals surface area contributed by atoms with E-state index in [0.717, 1.165) is 22.6 Å². The lowest BCUT2D eigenvalue weighted by Crippen LogP contribution is -2.05. The fourth-order valence-electron chi connectivity index (χ4n) is 1.75. The SMILES string of the molecule is COc1cccc(-c2ccc(NC(C)=O)cc2)c1. The third kappa shape index (κ3) is 2.88. The molecule has 0 aromatic heterocycles. The Bertz CT molecular complexity index is 547. The van der Waals surface area contributed by atoms with Crippen molar-refractivity contribution in [1.29, 1.82) is 0 Å². The second-order valence-electron chi connectivity index (χ2n) is 3.99. The lowest BCUT2D eigenvalue weighted by Gasteiger charge is -2.06. The number of nitrogens with one attached hydrogen (secondary N) is 1. The highest BCUT2D eigenvalue weighted by atomic mass is 16.5. The first-order valence-corrected chi connectivity index (χ1v) is 5.71. The van der Waals surface area contributed by atoms with Crippen LogP contribution in [0.25, 0.3) is 11.1 Å². The van der Waals surface area contributed by atoms with Gasteiger partial charge in [-0.1, -0.05) is 24.3 Å². The molecular weight excluding hydrogens is 226 g/mol. The molecule has 1 N–H and O–H groups in total. The van der Waals surface area contributed by atoms with Crippen molar-refractivity contribution in [3.8, 4) is 16.9 Å². The molecule has 2 aromatic rings. The predicted molar refractivity (Wildman–Crippen MR) is 72.7 cm³/mol. The minimum absolute atomic E-state index is 0.0656. The van der Waals surface area contributed by atoms with Gasteiger partial charge in [0.05, 0.1) is 7.11 Å². The number of ether oxygens (including phenoxy) is 1. The molecule has 18 heavy (non-hydrogen) atoms. The van der Waals surface area contributed by atoms with Gasteiger partial charge in [-0.15, -0.1) is 0 Å². The number of methoxy groups -OCH3 is 1. The maximum Gasteiger partial charge on any atom is 0.221 e. The number of carbonyl (C=O) groups excluding carboxylic acids is 1. The van der Waals surface area contributed by atoms with Crippen LogP contribution in [0, 0.1) is 0 Å². The zero-order valence-corrected chi connectivity index (χ0v) is 10.4. The third-order valence-electron chi connectivity index (χ3n) is 2.61. The topological polar surface area (TPSA) is 38.3 Å². The van der Waals surface area contributed by atoms with Crippen molar-refractivity contribution in [2.24, 2.45) is 0 Å². The molecule has 0 radical (unpaired) electrons. The zero-order chi connectivity index (χ0) is 13.0. The average Bonchev–Trinajstić information content (AvgIpc) is 2.39. The molecule has 0 fully saturated rings. The van der Waals surface area contributed by atoms with Crippen LogP contribution in [-0.4, -0.2) is 13.0 Å². The molecule has 3 heteroatoms. The summed E-state index contributed by atoms with van der Waals surface area (Å²) in [6.07, 6.45) is 0. The Balaban J connectivity index is 2.25. The first kappa shape index (κ1) is 12.2. The monoisotopic (exact) mass is 241 g/mol. The molecule has 0 saturated carbocycles. The van der Waals surface area contributed by atoms with Crippen molar-refractivity contribution >= 4 is 11.6 Å². The van der Waals surface area contributed by atoms with Crippen LogP contribution in [-0.2, 0) is 4.79 Å². The van der Waals surface area contributed by atoms with Crippen LogP contribution in [0.2, 0.25) is 0 Å². The number of rotatable bonds is 3. The van der Waals surface area contributed by atoms with Crippen LogP contribution in [0.3, 0.4) is 0 Å². The van der Waals surface area contributed by atoms with Gasteiger partial charge in [0.2, 0.25) is 5.91 Å². The molecular formula is C15H15NO2. The minimum atomic E-state index is -0.0656. The van der Waals surface area contributed by atoms with Crippen LogP contribution in [0.4, 0.5) is 5.69 Å². The molecule has 0 bridgehead atoms. The molecule has 92 valence electrons. The van der Waals surface area contributed by atoms with Crippen molar-refractivity contribution in [2.75, 3.05) is 12.4 Å². The highest BCUT2D eigenvalue weighted by molar-refractivity contribution is 5.89. The number of benzene rings is 2. The Kier molecular flexibility index (Phi) is 3.63. The van der Waals surface area contributed by atoms with E-state index >= 15 is 0 Å². The number of hydrogen-bond donors (Lipinski definition) is 1. The van der Waals surface area contributed by atoms with Gasteiger partial charge in [-0.05, 0) is 35.4 Å². The average molecular weight is 241 g/mol. The predicted octanol–water partition coefficient (Wildman–Crippen LogP) is 3.32. The Labute approximate surface area is 106 Å². The van der Waals surface area contributed by atoms with Gasteiger partial charge in [0.1, 0.15) is 5.75 Å². The highest BCUT2D eigenvalue weighted by Crippen LogP contribution is 2.24. The number of hydrogen-bond acceptors (Lipinski definition) is 2. The summed E-state index contributed by atoms with van der Waals surface area (Å²) < 4.78 is 5.20.